The highest BCUT2D eigenvalue weighted by atomic mass is 16.5. The molecule has 0 spiro atoms. The number of carbonyl (C=O) groups excluding carboxylic acids is 1. The Balaban J connectivity index is 2.13. The Kier molecular flexibility index (Phi) is 4.94. The lowest BCUT2D eigenvalue weighted by atomic mass is 9.86. The van der Waals surface area contributed by atoms with Crippen LogP contribution in [0.3, 0.4) is 0 Å². The van der Waals surface area contributed by atoms with Crippen LogP contribution in [0.4, 0.5) is 5.82 Å². The van der Waals surface area contributed by atoms with E-state index in [1.54, 1.807) is 12.1 Å². The van der Waals surface area contributed by atoms with Gasteiger partial charge in [-0.05, 0) is 48.9 Å². The van der Waals surface area contributed by atoms with Crippen LogP contribution in [0.5, 0.6) is 11.5 Å². The van der Waals surface area contributed by atoms with Crippen LogP contribution in [0.1, 0.15) is 29.7 Å². The van der Waals surface area contributed by atoms with E-state index in [0.29, 0.717) is 17.1 Å². The average Bonchev–Trinajstić information content (AvgIpc) is 2.65. The molecule has 7 heteroatoms. The summed E-state index contributed by atoms with van der Waals surface area (Å²) in [6.45, 7) is -0.239. The standard InChI is InChI=1S/C19H20N4O3/c1-25-16-8-11(6-7-15(16)26-10-17(21)24)18-12-4-2-3-5-14(12)23-19(22)13(18)9-20/h6-8H,2-5,10H2,1H3,(H2,21,24)(H2,22,23). The summed E-state index contributed by atoms with van der Waals surface area (Å²) in [4.78, 5) is 15.4. The third-order valence-corrected chi connectivity index (χ3v) is 4.44. The zero-order valence-electron chi connectivity index (χ0n) is 14.5. The van der Waals surface area contributed by atoms with Gasteiger partial charge in [-0.1, -0.05) is 6.07 Å². The van der Waals surface area contributed by atoms with Crippen molar-refractivity contribution in [2.24, 2.45) is 5.73 Å². The molecule has 1 aliphatic rings. The summed E-state index contributed by atoms with van der Waals surface area (Å²) in [5, 5.41) is 9.61. The highest BCUT2D eigenvalue weighted by molar-refractivity contribution is 5.81. The Hall–Kier alpha value is -3.27. The number of methoxy groups -OCH3 is 1. The van der Waals surface area contributed by atoms with Crippen LogP contribution in [0.15, 0.2) is 18.2 Å². The smallest absolute Gasteiger partial charge is 0.255 e. The summed E-state index contributed by atoms with van der Waals surface area (Å²) in [6.07, 6.45) is 3.82. The van der Waals surface area contributed by atoms with Crippen LogP contribution in [-0.2, 0) is 17.6 Å². The molecule has 0 atom stereocenters. The van der Waals surface area contributed by atoms with Crippen LogP contribution in [0, 0.1) is 11.3 Å². The van der Waals surface area contributed by atoms with E-state index in [1.165, 1.54) is 7.11 Å². The fourth-order valence-corrected chi connectivity index (χ4v) is 3.29. The summed E-state index contributed by atoms with van der Waals surface area (Å²) < 4.78 is 10.8. The number of benzene rings is 1. The third-order valence-electron chi connectivity index (χ3n) is 4.44. The van der Waals surface area contributed by atoms with Crippen LogP contribution in [0.2, 0.25) is 0 Å². The van der Waals surface area contributed by atoms with Gasteiger partial charge in [-0.2, -0.15) is 5.26 Å². The molecule has 2 aromatic rings. The van der Waals surface area contributed by atoms with Crippen molar-refractivity contribution in [2.75, 3.05) is 19.5 Å². The van der Waals surface area contributed by atoms with E-state index in [0.717, 1.165) is 48.1 Å². The number of nitriles is 1. The van der Waals surface area contributed by atoms with Crippen LogP contribution in [-0.4, -0.2) is 24.6 Å². The largest absolute Gasteiger partial charge is 0.493 e. The van der Waals surface area contributed by atoms with Gasteiger partial charge in [-0.3, -0.25) is 4.79 Å². The Bertz CT molecular complexity index is 903. The molecule has 0 bridgehead atoms. The fourth-order valence-electron chi connectivity index (χ4n) is 3.29. The van der Waals surface area contributed by atoms with E-state index in [9.17, 15) is 10.1 Å². The molecule has 1 aromatic carbocycles. The molecular weight excluding hydrogens is 332 g/mol. The number of fused-ring (bicyclic) bond motifs is 1. The van der Waals surface area contributed by atoms with Gasteiger partial charge in [0.2, 0.25) is 0 Å². The molecule has 4 N–H and O–H groups in total. The molecule has 1 aromatic heterocycles. The molecule has 0 fully saturated rings. The summed E-state index contributed by atoms with van der Waals surface area (Å²) in [5.74, 6) is 0.534. The first-order valence-corrected chi connectivity index (χ1v) is 8.36. The van der Waals surface area contributed by atoms with Crippen molar-refractivity contribution >= 4 is 11.7 Å². The van der Waals surface area contributed by atoms with Gasteiger partial charge in [-0.15, -0.1) is 0 Å². The minimum atomic E-state index is -0.570. The van der Waals surface area contributed by atoms with Gasteiger partial charge in [0.15, 0.2) is 18.1 Å². The maximum Gasteiger partial charge on any atom is 0.255 e. The lowest BCUT2D eigenvalue weighted by Gasteiger charge is -2.21. The van der Waals surface area contributed by atoms with Gasteiger partial charge in [0.1, 0.15) is 17.5 Å². The minimum absolute atomic E-state index is 0.239. The Morgan fingerprint density at radius 1 is 1.31 bits per heavy atom. The summed E-state index contributed by atoms with van der Waals surface area (Å²) in [5.41, 5.74) is 15.2. The number of ether oxygens (including phenoxy) is 2. The zero-order chi connectivity index (χ0) is 18.7. The molecule has 1 heterocycles. The second-order valence-electron chi connectivity index (χ2n) is 6.11. The van der Waals surface area contributed by atoms with Crippen LogP contribution in [0.25, 0.3) is 11.1 Å². The first kappa shape index (κ1) is 17.5. The Morgan fingerprint density at radius 2 is 2.08 bits per heavy atom. The molecular formula is C19H20N4O3. The number of aromatic nitrogens is 1. The topological polar surface area (TPSA) is 124 Å². The van der Waals surface area contributed by atoms with Gasteiger partial charge in [0, 0.05) is 11.3 Å². The van der Waals surface area contributed by atoms with Crippen molar-refractivity contribution in [3.63, 3.8) is 0 Å². The SMILES string of the molecule is COc1cc(-c2c(C#N)c(N)nc3c2CCCC3)ccc1OCC(N)=O. The zero-order valence-corrected chi connectivity index (χ0v) is 14.5. The van der Waals surface area contributed by atoms with Crippen molar-refractivity contribution in [1.29, 1.82) is 5.26 Å². The van der Waals surface area contributed by atoms with E-state index >= 15 is 0 Å². The quantitative estimate of drug-likeness (QED) is 0.847. The van der Waals surface area contributed by atoms with Crippen molar-refractivity contribution < 1.29 is 14.3 Å². The van der Waals surface area contributed by atoms with Gasteiger partial charge in [0.25, 0.3) is 5.91 Å². The maximum atomic E-state index is 10.9. The van der Waals surface area contributed by atoms with Gasteiger partial charge in [-0.25, -0.2) is 4.98 Å². The predicted octanol–water partition coefficient (Wildman–Crippen LogP) is 1.95. The highest BCUT2D eigenvalue weighted by Crippen LogP contribution is 2.39. The molecule has 0 unspecified atom stereocenters. The molecule has 1 aliphatic carbocycles. The number of carbonyl (C=O) groups is 1. The number of nitrogens with two attached hydrogens (primary N) is 2. The average molecular weight is 352 g/mol. The van der Waals surface area contributed by atoms with Crippen molar-refractivity contribution in [1.82, 2.24) is 4.98 Å². The molecule has 3 rings (SSSR count). The molecule has 0 saturated heterocycles. The number of nitrogens with zero attached hydrogens (tertiary/aromatic N) is 2. The number of pyridine rings is 1. The van der Waals surface area contributed by atoms with E-state index in [2.05, 4.69) is 11.1 Å². The van der Waals surface area contributed by atoms with E-state index in [1.807, 2.05) is 6.07 Å². The molecule has 134 valence electrons. The molecule has 26 heavy (non-hydrogen) atoms. The molecule has 7 nitrogen and oxygen atoms in total. The second-order valence-corrected chi connectivity index (χ2v) is 6.11. The number of aryl methyl sites for hydroxylation is 1. The predicted molar refractivity (Wildman–Crippen MR) is 96.7 cm³/mol. The first-order valence-electron chi connectivity index (χ1n) is 8.36. The third kappa shape index (κ3) is 3.26. The number of hydrogen-bond donors (Lipinski definition) is 2. The number of hydrogen-bond acceptors (Lipinski definition) is 6. The molecule has 0 radical (unpaired) electrons. The van der Waals surface area contributed by atoms with Crippen molar-refractivity contribution in [3.8, 4) is 28.7 Å². The van der Waals surface area contributed by atoms with Crippen LogP contribution >= 0.6 is 0 Å². The number of primary amides is 1. The fraction of sp³-hybridized carbons (Fsp3) is 0.316. The Labute approximate surface area is 151 Å². The molecule has 0 saturated carbocycles. The lowest BCUT2D eigenvalue weighted by molar-refractivity contribution is -0.119. The Morgan fingerprint density at radius 3 is 2.77 bits per heavy atom. The summed E-state index contributed by atoms with van der Waals surface area (Å²) in [6, 6.07) is 7.48. The number of amides is 1. The summed E-state index contributed by atoms with van der Waals surface area (Å²) in [7, 11) is 1.51. The number of rotatable bonds is 5. The lowest BCUT2D eigenvalue weighted by Crippen LogP contribution is -2.20. The highest BCUT2D eigenvalue weighted by Gasteiger charge is 2.22. The minimum Gasteiger partial charge on any atom is -0.493 e. The summed E-state index contributed by atoms with van der Waals surface area (Å²) >= 11 is 0. The molecule has 0 aliphatic heterocycles. The van der Waals surface area contributed by atoms with Gasteiger partial charge >= 0.3 is 0 Å². The second kappa shape index (κ2) is 7.31. The van der Waals surface area contributed by atoms with Crippen molar-refractivity contribution in [2.45, 2.75) is 25.7 Å². The number of anilines is 1. The monoisotopic (exact) mass is 352 g/mol. The van der Waals surface area contributed by atoms with E-state index in [-0.39, 0.29) is 12.4 Å². The maximum absolute atomic E-state index is 10.9. The van der Waals surface area contributed by atoms with Gasteiger partial charge < -0.3 is 20.9 Å². The first-order chi connectivity index (χ1) is 12.5. The molecule has 1 amide bonds. The normalized spacial score (nSPS) is 12.8. The van der Waals surface area contributed by atoms with Crippen LogP contribution < -0.4 is 20.9 Å². The van der Waals surface area contributed by atoms with Crippen molar-refractivity contribution in [3.05, 3.63) is 35.0 Å². The van der Waals surface area contributed by atoms with E-state index in [4.69, 9.17) is 20.9 Å². The number of nitrogen functional groups attached to an aromatic ring is 1. The van der Waals surface area contributed by atoms with E-state index < -0.39 is 5.91 Å². The van der Waals surface area contributed by atoms with Gasteiger partial charge in [0.05, 0.1) is 7.11 Å².